The minimum absolute atomic E-state index is 0.150. The predicted molar refractivity (Wildman–Crippen MR) is 145 cm³/mol. The first-order valence-corrected chi connectivity index (χ1v) is 13.8. The van der Waals surface area contributed by atoms with Gasteiger partial charge in [0.2, 0.25) is 0 Å². The number of rotatable bonds is 7. The fourth-order valence-corrected chi connectivity index (χ4v) is 7.15. The van der Waals surface area contributed by atoms with Gasteiger partial charge in [0.25, 0.3) is 0 Å². The Morgan fingerprint density at radius 1 is 1.03 bits per heavy atom. The predicted octanol–water partition coefficient (Wildman–Crippen LogP) is 6.63. The Bertz CT molecular complexity index is 1180. The molecule has 4 heteroatoms. The molecule has 4 heterocycles. The van der Waals surface area contributed by atoms with Crippen LogP contribution in [-0.4, -0.2) is 39.7 Å². The molecule has 0 radical (unpaired) electrons. The van der Waals surface area contributed by atoms with Gasteiger partial charge in [0, 0.05) is 24.2 Å². The molecule has 4 nitrogen and oxygen atoms in total. The molecule has 2 bridgehead atoms. The van der Waals surface area contributed by atoms with Crippen molar-refractivity contribution in [3.63, 3.8) is 0 Å². The van der Waals surface area contributed by atoms with Crippen LogP contribution in [0.5, 0.6) is 0 Å². The van der Waals surface area contributed by atoms with Crippen LogP contribution >= 0.6 is 0 Å². The van der Waals surface area contributed by atoms with E-state index in [9.17, 15) is 5.11 Å². The minimum Gasteiger partial charge on any atom is -0.387 e. The molecule has 1 saturated carbocycles. The molecule has 3 aromatic rings. The van der Waals surface area contributed by atoms with Gasteiger partial charge in [-0.15, -0.1) is 6.58 Å². The van der Waals surface area contributed by atoms with Crippen LogP contribution in [0.15, 0.2) is 79.5 Å². The topological polar surface area (TPSA) is 45.6 Å². The maximum absolute atomic E-state index is 12.0. The summed E-state index contributed by atoms with van der Waals surface area (Å²) < 4.78 is 7.29. The highest BCUT2D eigenvalue weighted by Gasteiger charge is 2.47. The van der Waals surface area contributed by atoms with Crippen LogP contribution in [0.3, 0.4) is 0 Å². The van der Waals surface area contributed by atoms with Crippen molar-refractivity contribution in [1.29, 1.82) is 0 Å². The summed E-state index contributed by atoms with van der Waals surface area (Å²) in [4.78, 5) is 7.28. The zero-order chi connectivity index (χ0) is 24.5. The van der Waals surface area contributed by atoms with Crippen LogP contribution in [0, 0.1) is 11.8 Å². The molecule has 0 amide bonds. The third-order valence-electron chi connectivity index (χ3n) is 9.09. The molecule has 2 aromatic carbocycles. The normalized spacial score (nSPS) is 29.0. The van der Waals surface area contributed by atoms with Gasteiger partial charge in [-0.25, -0.2) is 0 Å². The van der Waals surface area contributed by atoms with Crippen LogP contribution in [0.2, 0.25) is 0 Å². The number of benzene rings is 2. The summed E-state index contributed by atoms with van der Waals surface area (Å²) in [5, 5.41) is 13.2. The van der Waals surface area contributed by atoms with Crippen molar-refractivity contribution in [2.75, 3.05) is 13.1 Å². The van der Waals surface area contributed by atoms with Crippen molar-refractivity contribution < 1.29 is 9.84 Å². The van der Waals surface area contributed by atoms with Crippen molar-refractivity contribution in [2.45, 2.75) is 68.8 Å². The molecule has 6 atom stereocenters. The lowest BCUT2D eigenvalue weighted by Crippen LogP contribution is -2.55. The summed E-state index contributed by atoms with van der Waals surface area (Å²) in [6, 6.07) is 21.2. The summed E-state index contributed by atoms with van der Waals surface area (Å²) in [6.45, 7) is 6.27. The molecular weight excluding hydrogens is 444 g/mol. The van der Waals surface area contributed by atoms with E-state index in [1.54, 1.807) is 0 Å². The van der Waals surface area contributed by atoms with Crippen molar-refractivity contribution in [3.8, 4) is 0 Å². The molecule has 36 heavy (non-hydrogen) atoms. The third kappa shape index (κ3) is 4.40. The largest absolute Gasteiger partial charge is 0.387 e. The summed E-state index contributed by atoms with van der Waals surface area (Å²) in [5.74, 6) is 1.20. The second-order valence-electron chi connectivity index (χ2n) is 11.2. The lowest BCUT2D eigenvalue weighted by Gasteiger charge is -2.52. The Kier molecular flexibility index (Phi) is 6.68. The Balaban J connectivity index is 1.44. The van der Waals surface area contributed by atoms with Gasteiger partial charge in [-0.05, 0) is 67.3 Å². The van der Waals surface area contributed by atoms with E-state index in [0.29, 0.717) is 11.8 Å². The Labute approximate surface area is 215 Å². The van der Waals surface area contributed by atoms with E-state index in [4.69, 9.17) is 4.74 Å². The average molecular weight is 483 g/mol. The molecule has 188 valence electrons. The Morgan fingerprint density at radius 3 is 2.56 bits per heavy atom. The summed E-state index contributed by atoms with van der Waals surface area (Å²) in [5.41, 5.74) is 2.41. The van der Waals surface area contributed by atoms with Crippen LogP contribution < -0.4 is 0 Å². The van der Waals surface area contributed by atoms with E-state index < -0.39 is 5.60 Å². The molecule has 4 aliphatic rings. The molecule has 7 rings (SSSR count). The van der Waals surface area contributed by atoms with Crippen molar-refractivity contribution in [1.82, 2.24) is 9.88 Å². The van der Waals surface area contributed by atoms with E-state index in [-0.39, 0.29) is 18.2 Å². The fraction of sp³-hybridized carbons (Fsp3) is 0.469. The first-order chi connectivity index (χ1) is 17.7. The molecule has 3 saturated heterocycles. The quantitative estimate of drug-likeness (QED) is 0.384. The highest BCUT2D eigenvalue weighted by Crippen LogP contribution is 2.48. The number of ether oxygens (including phenoxy) is 1. The Morgan fingerprint density at radius 2 is 1.81 bits per heavy atom. The zero-order valence-electron chi connectivity index (χ0n) is 21.1. The maximum atomic E-state index is 12.0. The van der Waals surface area contributed by atoms with Crippen LogP contribution in [0.1, 0.15) is 68.3 Å². The number of aromatic nitrogens is 1. The second kappa shape index (κ2) is 10.1. The van der Waals surface area contributed by atoms with Gasteiger partial charge >= 0.3 is 0 Å². The molecule has 1 aliphatic carbocycles. The highest BCUT2D eigenvalue weighted by atomic mass is 16.5. The van der Waals surface area contributed by atoms with Gasteiger partial charge in [-0.1, -0.05) is 73.9 Å². The van der Waals surface area contributed by atoms with Gasteiger partial charge < -0.3 is 9.84 Å². The number of hydrogen-bond acceptors (Lipinski definition) is 4. The third-order valence-corrected chi connectivity index (χ3v) is 9.09. The van der Waals surface area contributed by atoms with Crippen molar-refractivity contribution in [2.24, 2.45) is 11.8 Å². The zero-order valence-corrected chi connectivity index (χ0v) is 21.1. The fourth-order valence-electron chi connectivity index (χ4n) is 7.15. The van der Waals surface area contributed by atoms with Crippen molar-refractivity contribution in [3.05, 3.63) is 90.6 Å². The SMILES string of the molecule is C=C[C@H]1CN2CC[C@H]1C[C@@H]2[C@H](O[C@@H](c1ccccc1)C1(O)CCCCC1)c1ccnc2ccccc12. The molecule has 3 aliphatic heterocycles. The second-order valence-corrected chi connectivity index (χ2v) is 11.2. The number of hydrogen-bond donors (Lipinski definition) is 1. The molecule has 0 spiro atoms. The molecular formula is C32H38N2O2. The smallest absolute Gasteiger partial charge is 0.112 e. The number of para-hydroxylation sites is 1. The average Bonchev–Trinajstić information content (AvgIpc) is 2.94. The minimum atomic E-state index is -0.854. The molecule has 1 unspecified atom stereocenters. The van der Waals surface area contributed by atoms with Crippen molar-refractivity contribution >= 4 is 10.9 Å². The van der Waals surface area contributed by atoms with E-state index in [1.807, 2.05) is 18.3 Å². The number of pyridine rings is 1. The molecule has 1 aromatic heterocycles. The van der Waals surface area contributed by atoms with Crippen LogP contribution in [0.25, 0.3) is 10.9 Å². The number of nitrogens with zero attached hydrogens (tertiary/aromatic N) is 2. The van der Waals surface area contributed by atoms with E-state index in [2.05, 4.69) is 71.1 Å². The van der Waals surface area contributed by atoms with E-state index in [1.165, 1.54) is 18.4 Å². The van der Waals surface area contributed by atoms with E-state index in [0.717, 1.165) is 61.7 Å². The summed E-state index contributed by atoms with van der Waals surface area (Å²) in [6.07, 6.45) is 10.7. The van der Waals surface area contributed by atoms with Crippen LogP contribution in [-0.2, 0) is 4.74 Å². The molecule has 4 fully saturated rings. The first-order valence-electron chi connectivity index (χ1n) is 13.8. The standard InChI is InChI=1S/C32H38N2O2/c1-2-23-22-34-20-16-25(23)21-29(34)30(27-15-19-33-28-14-8-7-13-26(27)28)36-31(24-11-5-3-6-12-24)32(35)17-9-4-10-18-32/h2-3,5-8,11-15,19,23,25,29-31,35H,1,4,9-10,16-18,20-22H2/t23-,25-,29+,30+,31-/m0/s1. The van der Waals surface area contributed by atoms with Gasteiger partial charge in [-0.3, -0.25) is 9.88 Å². The van der Waals surface area contributed by atoms with Gasteiger partial charge in [-0.2, -0.15) is 0 Å². The van der Waals surface area contributed by atoms with Gasteiger partial charge in [0.15, 0.2) is 0 Å². The number of fused-ring (bicyclic) bond motifs is 4. The van der Waals surface area contributed by atoms with Gasteiger partial charge in [0.1, 0.15) is 6.10 Å². The highest BCUT2D eigenvalue weighted by molar-refractivity contribution is 5.82. The first kappa shape index (κ1) is 23.8. The van der Waals surface area contributed by atoms with Gasteiger partial charge in [0.05, 0.1) is 17.2 Å². The lowest BCUT2D eigenvalue weighted by molar-refractivity contribution is -0.178. The lowest BCUT2D eigenvalue weighted by atomic mass is 9.73. The molecule has 1 N–H and O–H groups in total. The number of piperidine rings is 3. The van der Waals surface area contributed by atoms with Crippen LogP contribution in [0.4, 0.5) is 0 Å². The number of aliphatic hydroxyl groups is 1. The maximum Gasteiger partial charge on any atom is 0.112 e. The summed E-state index contributed by atoms with van der Waals surface area (Å²) in [7, 11) is 0. The summed E-state index contributed by atoms with van der Waals surface area (Å²) >= 11 is 0. The monoisotopic (exact) mass is 482 g/mol. The Hall–Kier alpha value is -2.53. The van der Waals surface area contributed by atoms with E-state index >= 15 is 0 Å².